The number of hydrogen-bond donors (Lipinski definition) is 1. The maximum Gasteiger partial charge on any atom is 0.407 e. The van der Waals surface area contributed by atoms with Gasteiger partial charge in [0.2, 0.25) is 0 Å². The number of amides is 1. The molecule has 0 aromatic carbocycles. The number of carboxylic acid groups (broad SMARTS) is 1. The van der Waals surface area contributed by atoms with Crippen LogP contribution in [0.4, 0.5) is 4.79 Å². The fourth-order valence-electron chi connectivity index (χ4n) is 2.31. The molecule has 0 radical (unpaired) electrons. The van der Waals surface area contributed by atoms with E-state index in [-0.39, 0.29) is 30.2 Å². The molecule has 1 fully saturated rings. The maximum atomic E-state index is 12.3. The average Bonchev–Trinajstić information content (AvgIpc) is 2.75. The van der Waals surface area contributed by atoms with Crippen LogP contribution in [0.15, 0.2) is 5.38 Å². The molecule has 1 amide bonds. The van der Waals surface area contributed by atoms with Crippen LogP contribution in [0.1, 0.15) is 28.8 Å². The van der Waals surface area contributed by atoms with Gasteiger partial charge >= 0.3 is 6.09 Å². The third-order valence-electron chi connectivity index (χ3n) is 3.32. The Bertz CT molecular complexity index is 540. The summed E-state index contributed by atoms with van der Waals surface area (Å²) in [6, 6.07) is -0.645. The summed E-state index contributed by atoms with van der Waals surface area (Å²) >= 11 is 1.33. The van der Waals surface area contributed by atoms with E-state index < -0.39 is 18.1 Å². The molecule has 1 aliphatic rings. The van der Waals surface area contributed by atoms with Gasteiger partial charge in [-0.3, -0.25) is 9.59 Å². The monoisotopic (exact) mass is 282 g/mol. The van der Waals surface area contributed by atoms with Crippen molar-refractivity contribution in [2.45, 2.75) is 26.3 Å². The minimum atomic E-state index is -1.10. The second kappa shape index (κ2) is 5.08. The molecule has 1 N–H and O–H groups in total. The van der Waals surface area contributed by atoms with Crippen LogP contribution in [0, 0.1) is 12.8 Å². The zero-order valence-electron chi connectivity index (χ0n) is 10.6. The zero-order valence-corrected chi connectivity index (χ0v) is 11.4. The first-order chi connectivity index (χ1) is 8.91. The molecule has 0 spiro atoms. The van der Waals surface area contributed by atoms with Crippen molar-refractivity contribution in [2.24, 2.45) is 5.92 Å². The largest absolute Gasteiger partial charge is 0.465 e. The maximum absolute atomic E-state index is 12.3. The van der Waals surface area contributed by atoms with Gasteiger partial charge in [-0.2, -0.15) is 0 Å². The lowest BCUT2D eigenvalue weighted by atomic mass is 9.85. The molecule has 1 unspecified atom stereocenters. The summed E-state index contributed by atoms with van der Waals surface area (Å²) in [6.07, 6.45) is -1.02. The summed E-state index contributed by atoms with van der Waals surface area (Å²) in [5.74, 6) is -1.53. The van der Waals surface area contributed by atoms with Crippen molar-refractivity contribution in [1.82, 2.24) is 9.88 Å². The summed E-state index contributed by atoms with van der Waals surface area (Å²) in [5, 5.41) is 11.4. The van der Waals surface area contributed by atoms with E-state index >= 15 is 0 Å². The number of aromatic nitrogens is 1. The van der Waals surface area contributed by atoms with Crippen molar-refractivity contribution in [3.63, 3.8) is 0 Å². The molecule has 1 aromatic heterocycles. The van der Waals surface area contributed by atoms with Gasteiger partial charge in [0.1, 0.15) is 17.4 Å². The quantitative estimate of drug-likeness (QED) is 0.657. The van der Waals surface area contributed by atoms with E-state index in [9.17, 15) is 14.4 Å². The lowest BCUT2D eigenvalue weighted by Gasteiger charge is -2.35. The van der Waals surface area contributed by atoms with Crippen LogP contribution in [0.2, 0.25) is 0 Å². The highest BCUT2D eigenvalue weighted by molar-refractivity contribution is 7.09. The van der Waals surface area contributed by atoms with Crippen LogP contribution >= 0.6 is 11.3 Å². The van der Waals surface area contributed by atoms with E-state index in [2.05, 4.69) is 4.98 Å². The van der Waals surface area contributed by atoms with Gasteiger partial charge in [0, 0.05) is 24.4 Å². The van der Waals surface area contributed by atoms with Crippen LogP contribution in [-0.4, -0.2) is 45.2 Å². The summed E-state index contributed by atoms with van der Waals surface area (Å²) in [4.78, 5) is 40.5. The Morgan fingerprint density at radius 1 is 1.53 bits per heavy atom. The second-order valence-corrected chi connectivity index (χ2v) is 5.59. The van der Waals surface area contributed by atoms with Crippen molar-refractivity contribution < 1.29 is 19.5 Å². The summed E-state index contributed by atoms with van der Waals surface area (Å²) in [5.41, 5.74) is 0.250. The van der Waals surface area contributed by atoms with E-state index in [1.807, 2.05) is 0 Å². The molecular formula is C12H14N2O4S. The Balaban J connectivity index is 2.28. The van der Waals surface area contributed by atoms with Crippen molar-refractivity contribution in [3.05, 3.63) is 16.1 Å². The Kier molecular flexibility index (Phi) is 3.66. The summed E-state index contributed by atoms with van der Waals surface area (Å²) < 4.78 is 0. The van der Waals surface area contributed by atoms with Crippen molar-refractivity contribution in [1.29, 1.82) is 0 Å². The highest BCUT2D eigenvalue weighted by Crippen LogP contribution is 2.25. The number of ketones is 2. The predicted molar refractivity (Wildman–Crippen MR) is 68.5 cm³/mol. The molecular weight excluding hydrogens is 268 g/mol. The van der Waals surface area contributed by atoms with Gasteiger partial charge in [-0.15, -0.1) is 11.3 Å². The molecule has 0 bridgehead atoms. The number of aryl methyl sites for hydroxylation is 1. The average molecular weight is 282 g/mol. The van der Waals surface area contributed by atoms with Crippen molar-refractivity contribution in [3.8, 4) is 0 Å². The number of likely N-dealkylation sites (tertiary alicyclic amines) is 1. The standard InChI is InChI=1S/C12H14N2O4S/c1-6-10(9(15)3-4-14(6)12(17)18)11(16)8-5-19-7(2)13-8/h5-6,10H,3-4H2,1-2H3,(H,17,18)/t6-,10?/m0/s1. The van der Waals surface area contributed by atoms with Gasteiger partial charge in [-0.25, -0.2) is 9.78 Å². The molecule has 2 rings (SSSR count). The predicted octanol–water partition coefficient (Wildman–Crippen LogP) is 1.59. The van der Waals surface area contributed by atoms with E-state index in [1.54, 1.807) is 19.2 Å². The summed E-state index contributed by atoms with van der Waals surface area (Å²) in [7, 11) is 0. The number of Topliss-reactive ketones (excluding diaryl/α,β-unsaturated/α-hetero) is 2. The second-order valence-electron chi connectivity index (χ2n) is 4.53. The first-order valence-corrected chi connectivity index (χ1v) is 6.78. The van der Waals surface area contributed by atoms with Crippen molar-refractivity contribution >= 4 is 29.0 Å². The minimum absolute atomic E-state index is 0.0795. The third-order valence-corrected chi connectivity index (χ3v) is 4.09. The van der Waals surface area contributed by atoms with Gasteiger partial charge in [0.05, 0.1) is 5.01 Å². The minimum Gasteiger partial charge on any atom is -0.465 e. The first kappa shape index (κ1) is 13.7. The topological polar surface area (TPSA) is 87.6 Å². The lowest BCUT2D eigenvalue weighted by molar-refractivity contribution is -0.125. The molecule has 6 nitrogen and oxygen atoms in total. The van der Waals surface area contributed by atoms with E-state index in [1.165, 1.54) is 11.3 Å². The molecule has 0 aliphatic carbocycles. The molecule has 0 saturated carbocycles. The third kappa shape index (κ3) is 2.51. The molecule has 1 aliphatic heterocycles. The van der Waals surface area contributed by atoms with Gasteiger partial charge < -0.3 is 10.0 Å². The fourth-order valence-corrected chi connectivity index (χ4v) is 2.91. The highest BCUT2D eigenvalue weighted by Gasteiger charge is 2.41. The Morgan fingerprint density at radius 3 is 2.74 bits per heavy atom. The Labute approximate surface area is 114 Å². The number of nitrogens with zero attached hydrogens (tertiary/aromatic N) is 2. The zero-order chi connectivity index (χ0) is 14.2. The Hall–Kier alpha value is -1.76. The molecule has 2 atom stereocenters. The van der Waals surface area contributed by atoms with E-state index in [0.29, 0.717) is 0 Å². The van der Waals surface area contributed by atoms with E-state index in [0.717, 1.165) is 9.91 Å². The number of rotatable bonds is 2. The van der Waals surface area contributed by atoms with Crippen LogP contribution in [0.3, 0.4) is 0 Å². The molecule has 7 heteroatoms. The van der Waals surface area contributed by atoms with E-state index in [4.69, 9.17) is 5.11 Å². The molecule has 2 heterocycles. The normalized spacial score (nSPS) is 23.5. The van der Waals surface area contributed by atoms with Gasteiger partial charge in [0.25, 0.3) is 0 Å². The Morgan fingerprint density at radius 2 is 2.21 bits per heavy atom. The van der Waals surface area contributed by atoms with Gasteiger partial charge in [-0.1, -0.05) is 0 Å². The molecule has 102 valence electrons. The number of thiazole rings is 1. The number of piperidine rings is 1. The highest BCUT2D eigenvalue weighted by atomic mass is 32.1. The number of hydrogen-bond acceptors (Lipinski definition) is 5. The molecule has 1 aromatic rings. The van der Waals surface area contributed by atoms with Gasteiger partial charge in [0.15, 0.2) is 5.78 Å². The lowest BCUT2D eigenvalue weighted by Crippen LogP contribution is -2.52. The first-order valence-electron chi connectivity index (χ1n) is 5.90. The molecule has 1 saturated heterocycles. The summed E-state index contributed by atoms with van der Waals surface area (Å²) in [6.45, 7) is 3.51. The number of carbonyl (C=O) groups excluding carboxylic acids is 2. The molecule has 19 heavy (non-hydrogen) atoms. The van der Waals surface area contributed by atoms with Crippen molar-refractivity contribution in [2.75, 3.05) is 6.54 Å². The van der Waals surface area contributed by atoms with Crippen LogP contribution in [0.5, 0.6) is 0 Å². The number of carbonyl (C=O) groups is 3. The van der Waals surface area contributed by atoms with Crippen LogP contribution in [0.25, 0.3) is 0 Å². The smallest absolute Gasteiger partial charge is 0.407 e. The van der Waals surface area contributed by atoms with Crippen LogP contribution < -0.4 is 0 Å². The fraction of sp³-hybridized carbons (Fsp3) is 0.500. The SMILES string of the molecule is Cc1nc(C(=O)C2C(=O)CCN(C(=O)O)[C@H]2C)cs1. The van der Waals surface area contributed by atoms with Gasteiger partial charge in [-0.05, 0) is 13.8 Å². The van der Waals surface area contributed by atoms with Crippen LogP contribution in [-0.2, 0) is 4.79 Å².